The molecule has 0 fully saturated rings. The van der Waals surface area contributed by atoms with Crippen molar-refractivity contribution >= 4 is 21.8 Å². The summed E-state index contributed by atoms with van der Waals surface area (Å²) in [6.45, 7) is 0. The van der Waals surface area contributed by atoms with Gasteiger partial charge in [0.25, 0.3) is 0 Å². The molecule has 0 atom stereocenters. The van der Waals surface area contributed by atoms with Crippen LogP contribution in [0.3, 0.4) is 0 Å². The minimum atomic E-state index is -0.705. The van der Waals surface area contributed by atoms with E-state index in [0.717, 1.165) is 27.8 Å². The highest BCUT2D eigenvalue weighted by Gasteiger charge is 2.21. The van der Waals surface area contributed by atoms with Crippen LogP contribution in [0.4, 0.5) is 0 Å². The Hall–Kier alpha value is -8.21. The smallest absolute Gasteiger partial charge is 0.166 e. The van der Waals surface area contributed by atoms with E-state index >= 15 is 0 Å². The van der Waals surface area contributed by atoms with Gasteiger partial charge in [0.1, 0.15) is 0 Å². The Labute approximate surface area is 371 Å². The van der Waals surface area contributed by atoms with Crippen molar-refractivity contribution in [2.24, 2.45) is 0 Å². The molecule has 0 radical (unpaired) electrons. The molecule has 0 saturated carbocycles. The second-order valence-corrected chi connectivity index (χ2v) is 14.3. The van der Waals surface area contributed by atoms with Crippen LogP contribution in [-0.2, 0) is 0 Å². The molecule has 4 heteroatoms. The van der Waals surface area contributed by atoms with Gasteiger partial charge in [0, 0.05) is 27.5 Å². The third-order valence-electron chi connectivity index (χ3n) is 10.6. The summed E-state index contributed by atoms with van der Waals surface area (Å²) >= 11 is 0. The quantitative estimate of drug-likeness (QED) is 0.154. The lowest BCUT2D eigenvalue weighted by Gasteiger charge is -2.17. The molecule has 0 aliphatic carbocycles. The SMILES string of the molecule is [2H]c1c([2H])c([2H])c(-c2c([2H])c([2H])c3c(c2[2H])c2c([2H])c([2H])c([2H])c([2H])c2n3-c2ccc(-c3cccc(-c4ccccc4)c3)cc2-c2nc(-c3ccccc3)nc(-c3ccc(-c4ccccc4)cc3)n2)c([2H])c1[2H]. The Morgan fingerprint density at radius 2 is 0.820 bits per heavy atom. The molecule has 0 aliphatic rings. The van der Waals surface area contributed by atoms with Gasteiger partial charge in [-0.3, -0.25) is 0 Å². The van der Waals surface area contributed by atoms with E-state index in [4.69, 9.17) is 24.5 Å². The number of hydrogen-bond donors (Lipinski definition) is 0. The lowest BCUT2D eigenvalue weighted by molar-refractivity contribution is 1.06. The van der Waals surface area contributed by atoms with Gasteiger partial charge in [-0.25, -0.2) is 15.0 Å². The Balaban J connectivity index is 1.25. The average molecular weight is 791 g/mol. The summed E-state index contributed by atoms with van der Waals surface area (Å²) in [4.78, 5) is 15.3. The molecule has 11 aromatic rings. The highest BCUT2D eigenvalue weighted by molar-refractivity contribution is 6.11. The fourth-order valence-electron chi connectivity index (χ4n) is 7.64. The lowest BCUT2D eigenvalue weighted by Crippen LogP contribution is -2.04. The van der Waals surface area contributed by atoms with Crippen LogP contribution in [0.15, 0.2) is 230 Å². The molecule has 11 rings (SSSR count). The number of rotatable bonds is 8. The number of benzene rings is 9. The molecule has 61 heavy (non-hydrogen) atoms. The van der Waals surface area contributed by atoms with Gasteiger partial charge in [0.15, 0.2) is 17.5 Å². The van der Waals surface area contributed by atoms with Crippen LogP contribution in [0.5, 0.6) is 0 Å². The average Bonchev–Trinajstić information content (AvgIpc) is 3.81. The van der Waals surface area contributed by atoms with E-state index in [9.17, 15) is 6.85 Å². The molecule has 2 heterocycles. The lowest BCUT2D eigenvalue weighted by atomic mass is 9.97. The van der Waals surface area contributed by atoms with E-state index < -0.39 is 83.6 Å². The summed E-state index contributed by atoms with van der Waals surface area (Å²) in [5, 5.41) is -0.353. The first-order valence-electron chi connectivity index (χ1n) is 25.6. The van der Waals surface area contributed by atoms with Crippen LogP contribution in [0.2, 0.25) is 0 Å². The number of fused-ring (bicyclic) bond motifs is 3. The third-order valence-corrected chi connectivity index (χ3v) is 10.6. The molecular weight excluding hydrogens is 741 g/mol. The van der Waals surface area contributed by atoms with Crippen LogP contribution in [0.25, 0.3) is 106 Å². The van der Waals surface area contributed by atoms with Gasteiger partial charge in [0.2, 0.25) is 0 Å². The number of para-hydroxylation sites is 1. The van der Waals surface area contributed by atoms with Gasteiger partial charge in [0.05, 0.1) is 33.2 Å². The number of aromatic nitrogens is 4. The summed E-state index contributed by atoms with van der Waals surface area (Å²) in [5.74, 6) is 0.800. The fourth-order valence-corrected chi connectivity index (χ4v) is 7.64. The maximum Gasteiger partial charge on any atom is 0.166 e. The zero-order chi connectivity index (χ0) is 51.0. The van der Waals surface area contributed by atoms with E-state index in [1.165, 1.54) is 4.57 Å². The van der Waals surface area contributed by atoms with Gasteiger partial charge in [-0.1, -0.05) is 194 Å². The van der Waals surface area contributed by atoms with Crippen LogP contribution >= 0.6 is 0 Å². The van der Waals surface area contributed by atoms with Gasteiger partial charge in [-0.2, -0.15) is 0 Å². The second kappa shape index (κ2) is 15.5. The molecule has 0 unspecified atom stereocenters. The minimum absolute atomic E-state index is 0.130. The van der Waals surface area contributed by atoms with Crippen molar-refractivity contribution < 1.29 is 16.4 Å². The van der Waals surface area contributed by atoms with Crippen LogP contribution in [0.1, 0.15) is 16.4 Å². The highest BCUT2D eigenvalue weighted by Crippen LogP contribution is 2.40. The summed E-state index contributed by atoms with van der Waals surface area (Å²) in [7, 11) is 0. The molecule has 0 saturated heterocycles. The van der Waals surface area contributed by atoms with Crippen LogP contribution in [-0.4, -0.2) is 19.5 Å². The van der Waals surface area contributed by atoms with Gasteiger partial charge in [-0.15, -0.1) is 0 Å². The third kappa shape index (κ3) is 6.86. The van der Waals surface area contributed by atoms with Crippen molar-refractivity contribution in [3.05, 3.63) is 230 Å². The molecule has 2 aromatic heterocycles. The zero-order valence-corrected chi connectivity index (χ0v) is 32.3. The van der Waals surface area contributed by atoms with Gasteiger partial charge < -0.3 is 4.57 Å². The maximum atomic E-state index is 9.79. The molecular formula is C57H38N4. The minimum Gasteiger partial charge on any atom is -0.309 e. The predicted octanol–water partition coefficient (Wildman–Crippen LogP) is 14.6. The van der Waals surface area contributed by atoms with Crippen LogP contribution < -0.4 is 0 Å². The molecule has 0 amide bonds. The number of nitrogens with zero attached hydrogens (tertiary/aromatic N) is 4. The normalized spacial score (nSPS) is 14.0. The molecule has 9 aromatic carbocycles. The van der Waals surface area contributed by atoms with Crippen molar-refractivity contribution in [1.29, 1.82) is 0 Å². The largest absolute Gasteiger partial charge is 0.309 e. The highest BCUT2D eigenvalue weighted by atomic mass is 15.1. The standard InChI is InChI=1S/C57H38N4/c1-5-16-39(17-6-1)42-28-30-44(31-29-42)56-58-55(43-22-11-4-12-23-43)59-57(60-56)51-38-48(46-25-15-24-45(36-46)40-18-7-2-8-19-40)33-35-54(51)61-52-27-14-13-26-49(52)50-37-47(32-34-53(50)61)41-20-9-3-10-21-41/h1-38H/i3D,9D,10D,13D,14D,20D,21D,26D,27D,32D,34D,37D. The zero-order valence-electron chi connectivity index (χ0n) is 44.3. The Morgan fingerprint density at radius 1 is 0.328 bits per heavy atom. The molecule has 286 valence electrons. The van der Waals surface area contributed by atoms with Gasteiger partial charge in [-0.05, 0) is 80.8 Å². The Morgan fingerprint density at radius 3 is 1.52 bits per heavy atom. The number of hydrogen-bond acceptors (Lipinski definition) is 3. The van der Waals surface area contributed by atoms with E-state index in [1.807, 2.05) is 146 Å². The van der Waals surface area contributed by atoms with Crippen molar-refractivity contribution in [2.45, 2.75) is 0 Å². The topological polar surface area (TPSA) is 43.6 Å². The Kier molecular flexibility index (Phi) is 6.44. The van der Waals surface area contributed by atoms with Crippen LogP contribution in [0, 0.1) is 0 Å². The maximum absolute atomic E-state index is 9.79. The second-order valence-electron chi connectivity index (χ2n) is 14.3. The molecule has 0 spiro atoms. The first kappa shape index (κ1) is 25.3. The molecule has 0 aliphatic heterocycles. The van der Waals surface area contributed by atoms with E-state index in [2.05, 4.69) is 6.07 Å². The predicted molar refractivity (Wildman–Crippen MR) is 252 cm³/mol. The van der Waals surface area contributed by atoms with Crippen molar-refractivity contribution in [3.63, 3.8) is 0 Å². The summed E-state index contributed by atoms with van der Waals surface area (Å²) < 4.78 is 110. The van der Waals surface area contributed by atoms with Gasteiger partial charge >= 0.3 is 0 Å². The fraction of sp³-hybridized carbons (Fsp3) is 0. The first-order valence-corrected chi connectivity index (χ1v) is 19.6. The van der Waals surface area contributed by atoms with E-state index in [-0.39, 0.29) is 33.3 Å². The first-order chi connectivity index (χ1) is 35.2. The molecule has 4 nitrogen and oxygen atoms in total. The Bertz CT molecular complexity index is 4010. The van der Waals surface area contributed by atoms with E-state index in [0.29, 0.717) is 33.9 Å². The molecule has 0 N–H and O–H groups in total. The van der Waals surface area contributed by atoms with E-state index in [1.54, 1.807) is 6.07 Å². The molecule has 0 bridgehead atoms. The van der Waals surface area contributed by atoms with Crippen molar-refractivity contribution in [2.75, 3.05) is 0 Å². The summed E-state index contributed by atoms with van der Waals surface area (Å²) in [5.41, 5.74) is 6.19. The van der Waals surface area contributed by atoms with Crippen molar-refractivity contribution in [3.8, 4) is 84.4 Å². The summed E-state index contributed by atoms with van der Waals surface area (Å²) in [6.07, 6.45) is 0. The monoisotopic (exact) mass is 790 g/mol. The summed E-state index contributed by atoms with van der Waals surface area (Å²) in [6, 6.07) is 42.9. The van der Waals surface area contributed by atoms with Crippen molar-refractivity contribution in [1.82, 2.24) is 19.5 Å².